The average Bonchev–Trinajstić information content (AvgIpc) is 2.55. The van der Waals surface area contributed by atoms with Crippen LogP contribution in [0.2, 0.25) is 0 Å². The summed E-state index contributed by atoms with van der Waals surface area (Å²) in [5, 5.41) is 12.1. The molecule has 3 heteroatoms. The van der Waals surface area contributed by atoms with Crippen molar-refractivity contribution in [3.05, 3.63) is 59.2 Å². The van der Waals surface area contributed by atoms with Gasteiger partial charge in [-0.3, -0.25) is 0 Å². The van der Waals surface area contributed by atoms with Crippen LogP contribution in [0.15, 0.2) is 42.5 Å². The smallest absolute Gasteiger partial charge is 0.0991 e. The first-order chi connectivity index (χ1) is 10.3. The van der Waals surface area contributed by atoms with Crippen LogP contribution in [0.25, 0.3) is 11.1 Å². The summed E-state index contributed by atoms with van der Waals surface area (Å²) in [5.41, 5.74) is 5.68. The van der Waals surface area contributed by atoms with E-state index in [0.29, 0.717) is 18.1 Å². The molecule has 1 heterocycles. The minimum atomic E-state index is 0.400. The lowest BCUT2D eigenvalue weighted by molar-refractivity contribution is 0.0915. The Morgan fingerprint density at radius 1 is 1.24 bits per heavy atom. The van der Waals surface area contributed by atoms with E-state index in [1.54, 1.807) is 0 Å². The van der Waals surface area contributed by atoms with E-state index in [0.717, 1.165) is 18.7 Å². The summed E-state index contributed by atoms with van der Waals surface area (Å²) < 4.78 is 5.78. The van der Waals surface area contributed by atoms with Crippen molar-refractivity contribution in [2.45, 2.75) is 12.5 Å². The van der Waals surface area contributed by atoms with E-state index in [4.69, 9.17) is 10.00 Å². The second kappa shape index (κ2) is 6.09. The maximum absolute atomic E-state index is 8.91. The minimum absolute atomic E-state index is 0.400. The molecule has 3 rings (SSSR count). The third-order valence-corrected chi connectivity index (χ3v) is 3.99. The third-order valence-electron chi connectivity index (χ3n) is 3.99. The fourth-order valence-corrected chi connectivity index (χ4v) is 2.95. The van der Waals surface area contributed by atoms with E-state index in [2.05, 4.69) is 29.6 Å². The van der Waals surface area contributed by atoms with Crippen molar-refractivity contribution in [3.63, 3.8) is 0 Å². The lowest BCUT2D eigenvalue weighted by atomic mass is 9.87. The van der Waals surface area contributed by atoms with Crippen molar-refractivity contribution in [1.29, 1.82) is 5.26 Å². The van der Waals surface area contributed by atoms with Gasteiger partial charge in [0.15, 0.2) is 0 Å². The topological polar surface area (TPSA) is 45.0 Å². The normalized spacial score (nSPS) is 17.0. The summed E-state index contributed by atoms with van der Waals surface area (Å²) in [6, 6.07) is 16.4. The second-order valence-corrected chi connectivity index (χ2v) is 5.33. The molecule has 2 aromatic carbocycles. The zero-order valence-electron chi connectivity index (χ0n) is 12.1. The Morgan fingerprint density at radius 3 is 2.76 bits per heavy atom. The van der Waals surface area contributed by atoms with Crippen LogP contribution in [0.3, 0.4) is 0 Å². The molecule has 0 fully saturated rings. The summed E-state index contributed by atoms with van der Waals surface area (Å²) >= 11 is 0. The molecule has 21 heavy (non-hydrogen) atoms. The van der Waals surface area contributed by atoms with Crippen molar-refractivity contribution in [2.75, 3.05) is 20.2 Å². The first-order valence-corrected chi connectivity index (χ1v) is 7.18. The fourth-order valence-electron chi connectivity index (χ4n) is 2.95. The van der Waals surface area contributed by atoms with E-state index in [9.17, 15) is 0 Å². The highest BCUT2D eigenvalue weighted by atomic mass is 16.5. The lowest BCUT2D eigenvalue weighted by Crippen LogP contribution is -2.26. The van der Waals surface area contributed by atoms with Crippen molar-refractivity contribution in [3.8, 4) is 17.2 Å². The molecule has 0 radical (unpaired) electrons. The monoisotopic (exact) mass is 278 g/mol. The van der Waals surface area contributed by atoms with Gasteiger partial charge in [0.2, 0.25) is 0 Å². The summed E-state index contributed by atoms with van der Waals surface area (Å²) in [7, 11) is 1.97. The summed E-state index contributed by atoms with van der Waals surface area (Å²) in [5.74, 6) is 0.400. The van der Waals surface area contributed by atoms with E-state index in [-0.39, 0.29) is 0 Å². The number of benzene rings is 2. The predicted octanol–water partition coefficient (Wildman–Crippen LogP) is 3.06. The molecule has 2 aromatic rings. The maximum Gasteiger partial charge on any atom is 0.0991 e. The highest BCUT2D eigenvalue weighted by Crippen LogP contribution is 2.34. The van der Waals surface area contributed by atoms with Crippen LogP contribution in [-0.2, 0) is 11.3 Å². The van der Waals surface area contributed by atoms with Gasteiger partial charge in [0, 0.05) is 12.5 Å². The van der Waals surface area contributed by atoms with Crippen molar-refractivity contribution in [1.82, 2.24) is 5.32 Å². The number of nitrogens with one attached hydrogen (secondary N) is 1. The largest absolute Gasteiger partial charge is 0.376 e. The Labute approximate surface area is 125 Å². The van der Waals surface area contributed by atoms with Gasteiger partial charge in [-0.25, -0.2) is 0 Å². The van der Waals surface area contributed by atoms with Crippen LogP contribution in [-0.4, -0.2) is 20.2 Å². The van der Waals surface area contributed by atoms with Gasteiger partial charge in [-0.2, -0.15) is 5.26 Å². The van der Waals surface area contributed by atoms with Crippen LogP contribution in [0, 0.1) is 11.3 Å². The van der Waals surface area contributed by atoms with Gasteiger partial charge in [0.1, 0.15) is 0 Å². The van der Waals surface area contributed by atoms with Crippen molar-refractivity contribution in [2.24, 2.45) is 0 Å². The summed E-state index contributed by atoms with van der Waals surface area (Å²) in [4.78, 5) is 0. The predicted molar refractivity (Wildman–Crippen MR) is 82.9 cm³/mol. The molecule has 0 amide bonds. The first kappa shape index (κ1) is 13.8. The Kier molecular flexibility index (Phi) is 4.01. The standard InChI is InChI=1S/C18H18N2O/c1-20-10-15-11-21-12-18-16(3-2-4-17(15)18)14-7-5-13(9-19)6-8-14/h2-8,15,20H,10-12H2,1H3. The van der Waals surface area contributed by atoms with Crippen LogP contribution in [0.4, 0.5) is 0 Å². The fraction of sp³-hybridized carbons (Fsp3) is 0.278. The second-order valence-electron chi connectivity index (χ2n) is 5.33. The Hall–Kier alpha value is -2.15. The Balaban J connectivity index is 2.03. The molecule has 3 nitrogen and oxygen atoms in total. The number of hydrogen-bond acceptors (Lipinski definition) is 3. The van der Waals surface area contributed by atoms with E-state index < -0.39 is 0 Å². The number of hydrogen-bond donors (Lipinski definition) is 1. The van der Waals surface area contributed by atoms with Crippen molar-refractivity contribution >= 4 is 0 Å². The quantitative estimate of drug-likeness (QED) is 0.938. The molecule has 0 saturated heterocycles. The van der Waals surface area contributed by atoms with Gasteiger partial charge in [0.05, 0.1) is 24.8 Å². The molecule has 106 valence electrons. The molecule has 0 bridgehead atoms. The van der Waals surface area contributed by atoms with Crippen LogP contribution < -0.4 is 5.32 Å². The molecular formula is C18H18N2O. The summed E-state index contributed by atoms with van der Waals surface area (Å²) in [6.07, 6.45) is 0. The van der Waals surface area contributed by atoms with Gasteiger partial charge in [-0.05, 0) is 41.4 Å². The molecule has 0 saturated carbocycles. The van der Waals surface area contributed by atoms with Gasteiger partial charge in [-0.1, -0.05) is 30.3 Å². The summed E-state index contributed by atoms with van der Waals surface area (Å²) in [6.45, 7) is 2.35. The Bertz CT molecular complexity index is 671. The number of fused-ring (bicyclic) bond motifs is 1. The Morgan fingerprint density at radius 2 is 2.05 bits per heavy atom. The lowest BCUT2D eigenvalue weighted by Gasteiger charge is -2.27. The maximum atomic E-state index is 8.91. The zero-order valence-corrected chi connectivity index (χ0v) is 12.1. The zero-order chi connectivity index (χ0) is 14.7. The average molecular weight is 278 g/mol. The molecule has 0 spiro atoms. The molecule has 1 N–H and O–H groups in total. The van der Waals surface area contributed by atoms with Crippen LogP contribution in [0.5, 0.6) is 0 Å². The van der Waals surface area contributed by atoms with Gasteiger partial charge >= 0.3 is 0 Å². The van der Waals surface area contributed by atoms with E-state index in [1.807, 2.05) is 31.3 Å². The van der Waals surface area contributed by atoms with Gasteiger partial charge < -0.3 is 10.1 Å². The number of likely N-dealkylation sites (N-methyl/N-ethyl adjacent to an activating group) is 1. The van der Waals surface area contributed by atoms with E-state index >= 15 is 0 Å². The first-order valence-electron chi connectivity index (χ1n) is 7.18. The third kappa shape index (κ3) is 2.69. The minimum Gasteiger partial charge on any atom is -0.376 e. The van der Waals surface area contributed by atoms with E-state index in [1.165, 1.54) is 16.7 Å². The molecule has 1 aliphatic heterocycles. The number of nitriles is 1. The molecule has 1 unspecified atom stereocenters. The molecule has 0 aromatic heterocycles. The highest BCUT2D eigenvalue weighted by Gasteiger charge is 2.22. The van der Waals surface area contributed by atoms with Gasteiger partial charge in [-0.15, -0.1) is 0 Å². The van der Waals surface area contributed by atoms with Crippen LogP contribution in [0.1, 0.15) is 22.6 Å². The number of nitrogens with zero attached hydrogens (tertiary/aromatic N) is 1. The number of rotatable bonds is 3. The SMILES string of the molecule is CNCC1COCc2c(-c3ccc(C#N)cc3)cccc21. The number of ether oxygens (including phenoxy) is 1. The van der Waals surface area contributed by atoms with Crippen molar-refractivity contribution < 1.29 is 4.74 Å². The molecule has 1 aliphatic rings. The molecular weight excluding hydrogens is 260 g/mol. The highest BCUT2D eigenvalue weighted by molar-refractivity contribution is 5.70. The molecule has 0 aliphatic carbocycles. The molecule has 1 atom stereocenters. The van der Waals surface area contributed by atoms with Gasteiger partial charge in [0.25, 0.3) is 0 Å². The van der Waals surface area contributed by atoms with Crippen LogP contribution >= 0.6 is 0 Å².